The van der Waals surface area contributed by atoms with Crippen LogP contribution >= 0.6 is 50.2 Å². The van der Waals surface area contributed by atoms with Crippen LogP contribution in [0.3, 0.4) is 0 Å². The molecule has 2 aromatic rings. The topological polar surface area (TPSA) is 20.3 Å². The normalized spacial score (nSPS) is 10.5. The van der Waals surface area contributed by atoms with Gasteiger partial charge >= 0.3 is 0 Å². The minimum absolute atomic E-state index is 0.0349. The zero-order chi connectivity index (χ0) is 12.4. The van der Waals surface area contributed by atoms with Crippen LogP contribution < -0.4 is 0 Å². The van der Waals surface area contributed by atoms with Crippen LogP contribution in [0.25, 0.3) is 0 Å². The maximum Gasteiger partial charge on any atom is 0.265 e. The number of halogens is 2. The van der Waals surface area contributed by atoms with Crippen molar-refractivity contribution >= 4 is 56.1 Å². The second kappa shape index (κ2) is 5.52. The molecule has 0 fully saturated rings. The average Bonchev–Trinajstić information content (AvgIpc) is 2.86. The summed E-state index contributed by atoms with van der Waals surface area (Å²) in [5.74, 6) is -0.0349. The summed E-state index contributed by atoms with van der Waals surface area (Å²) in [7, 11) is 1.78. The molecule has 90 valence electrons. The second-order valence-corrected chi connectivity index (χ2v) is 7.13. The van der Waals surface area contributed by atoms with Crippen LogP contribution in [0.15, 0.2) is 26.7 Å². The average molecular weight is 351 g/mol. The van der Waals surface area contributed by atoms with Gasteiger partial charge in [0, 0.05) is 13.6 Å². The largest absolute Gasteiger partial charge is 0.337 e. The molecule has 0 radical (unpaired) electrons. The van der Waals surface area contributed by atoms with Gasteiger partial charge in [-0.3, -0.25) is 4.79 Å². The van der Waals surface area contributed by atoms with Crippen molar-refractivity contribution in [2.45, 2.75) is 6.54 Å². The first kappa shape index (κ1) is 13.1. The standard InChI is InChI=1S/C11H9BrClNOS2/c1-14(5-7-4-9(12)17-6-7)11(15)10-8(13)2-3-16-10/h2-4,6H,5H2,1H3. The second-order valence-electron chi connectivity index (χ2n) is 3.52. The van der Waals surface area contributed by atoms with E-state index in [4.69, 9.17) is 11.6 Å². The molecule has 0 saturated heterocycles. The zero-order valence-corrected chi connectivity index (χ0v) is 12.9. The Balaban J connectivity index is 2.08. The minimum Gasteiger partial charge on any atom is -0.337 e. The number of hydrogen-bond acceptors (Lipinski definition) is 3. The molecule has 0 N–H and O–H groups in total. The van der Waals surface area contributed by atoms with E-state index < -0.39 is 0 Å². The van der Waals surface area contributed by atoms with Crippen molar-refractivity contribution in [2.75, 3.05) is 7.05 Å². The summed E-state index contributed by atoms with van der Waals surface area (Å²) in [5, 5.41) is 4.38. The third kappa shape index (κ3) is 3.10. The summed E-state index contributed by atoms with van der Waals surface area (Å²) in [6.45, 7) is 0.592. The van der Waals surface area contributed by atoms with Crippen molar-refractivity contribution in [3.63, 3.8) is 0 Å². The van der Waals surface area contributed by atoms with Crippen LogP contribution in [0.4, 0.5) is 0 Å². The molecule has 0 aliphatic rings. The Kier molecular flexibility index (Phi) is 4.25. The molecule has 6 heteroatoms. The van der Waals surface area contributed by atoms with Gasteiger partial charge in [0.15, 0.2) is 0 Å². The molecule has 0 aliphatic carbocycles. The third-order valence-electron chi connectivity index (χ3n) is 2.20. The molecule has 0 atom stereocenters. The lowest BCUT2D eigenvalue weighted by Crippen LogP contribution is -2.25. The highest BCUT2D eigenvalue weighted by molar-refractivity contribution is 9.11. The first-order chi connectivity index (χ1) is 8.08. The Morgan fingerprint density at radius 1 is 1.53 bits per heavy atom. The first-order valence-corrected chi connectivity index (χ1v) is 7.72. The van der Waals surface area contributed by atoms with Gasteiger partial charge in [-0.05, 0) is 44.4 Å². The lowest BCUT2D eigenvalue weighted by molar-refractivity contribution is 0.0790. The summed E-state index contributed by atoms with van der Waals surface area (Å²) in [5.41, 5.74) is 1.12. The van der Waals surface area contributed by atoms with Gasteiger partial charge in [0.1, 0.15) is 4.88 Å². The van der Waals surface area contributed by atoms with Crippen LogP contribution in [-0.4, -0.2) is 17.9 Å². The van der Waals surface area contributed by atoms with Crippen molar-refractivity contribution in [3.8, 4) is 0 Å². The van der Waals surface area contributed by atoms with Crippen LogP contribution in [0.1, 0.15) is 15.2 Å². The number of thiophene rings is 2. The quantitative estimate of drug-likeness (QED) is 0.798. The molecule has 0 saturated carbocycles. The number of carbonyl (C=O) groups excluding carboxylic acids is 1. The smallest absolute Gasteiger partial charge is 0.265 e. The van der Waals surface area contributed by atoms with E-state index in [9.17, 15) is 4.79 Å². The molecule has 0 unspecified atom stereocenters. The van der Waals surface area contributed by atoms with Gasteiger partial charge in [-0.1, -0.05) is 11.6 Å². The molecule has 2 rings (SSSR count). The van der Waals surface area contributed by atoms with E-state index in [0.29, 0.717) is 16.4 Å². The molecule has 2 nitrogen and oxygen atoms in total. The summed E-state index contributed by atoms with van der Waals surface area (Å²) >= 11 is 12.3. The molecule has 17 heavy (non-hydrogen) atoms. The molecule has 0 spiro atoms. The van der Waals surface area contributed by atoms with E-state index in [1.165, 1.54) is 11.3 Å². The predicted molar refractivity (Wildman–Crippen MR) is 77.1 cm³/mol. The summed E-state index contributed by atoms with van der Waals surface area (Å²) < 4.78 is 1.07. The maximum atomic E-state index is 12.1. The van der Waals surface area contributed by atoms with Crippen molar-refractivity contribution < 1.29 is 4.79 Å². The van der Waals surface area contributed by atoms with Gasteiger partial charge in [-0.15, -0.1) is 22.7 Å². The highest BCUT2D eigenvalue weighted by Gasteiger charge is 2.16. The van der Waals surface area contributed by atoms with Gasteiger partial charge in [0.25, 0.3) is 5.91 Å². The summed E-state index contributed by atoms with van der Waals surface area (Å²) in [6, 6.07) is 3.76. The number of nitrogens with zero attached hydrogens (tertiary/aromatic N) is 1. The van der Waals surface area contributed by atoms with Crippen LogP contribution in [0.2, 0.25) is 5.02 Å². The van der Waals surface area contributed by atoms with Gasteiger partial charge in [0.2, 0.25) is 0 Å². The van der Waals surface area contributed by atoms with Crippen LogP contribution in [0, 0.1) is 0 Å². The Labute approximate surface area is 121 Å². The van der Waals surface area contributed by atoms with Gasteiger partial charge in [-0.25, -0.2) is 0 Å². The van der Waals surface area contributed by atoms with Crippen molar-refractivity contribution in [3.05, 3.63) is 42.1 Å². The lowest BCUT2D eigenvalue weighted by atomic mass is 10.3. The summed E-state index contributed by atoms with van der Waals surface area (Å²) in [6.07, 6.45) is 0. The third-order valence-corrected chi connectivity index (χ3v) is 5.08. The predicted octanol–water partition coefficient (Wildman–Crippen LogP) is 4.50. The van der Waals surface area contributed by atoms with Crippen LogP contribution in [-0.2, 0) is 6.54 Å². The van der Waals surface area contributed by atoms with E-state index >= 15 is 0 Å². The zero-order valence-electron chi connectivity index (χ0n) is 8.94. The number of rotatable bonds is 3. The molecular formula is C11H9BrClNOS2. The molecule has 0 aromatic carbocycles. The van der Waals surface area contributed by atoms with E-state index in [1.807, 2.05) is 16.8 Å². The Morgan fingerprint density at radius 3 is 2.82 bits per heavy atom. The molecule has 0 bridgehead atoms. The highest BCUT2D eigenvalue weighted by Crippen LogP contribution is 2.25. The maximum absolute atomic E-state index is 12.1. The molecule has 0 aliphatic heterocycles. The Bertz CT molecular complexity index is 537. The van der Waals surface area contributed by atoms with Gasteiger partial charge in [0.05, 0.1) is 8.81 Å². The van der Waals surface area contributed by atoms with Crippen molar-refractivity contribution in [1.29, 1.82) is 0 Å². The number of amides is 1. The lowest BCUT2D eigenvalue weighted by Gasteiger charge is -2.15. The number of hydrogen-bond donors (Lipinski definition) is 0. The van der Waals surface area contributed by atoms with E-state index in [2.05, 4.69) is 15.9 Å². The fourth-order valence-corrected chi connectivity index (χ4v) is 3.72. The monoisotopic (exact) mass is 349 g/mol. The molecule has 1 amide bonds. The first-order valence-electron chi connectivity index (χ1n) is 4.79. The van der Waals surface area contributed by atoms with Crippen molar-refractivity contribution in [1.82, 2.24) is 4.90 Å². The molecule has 2 heterocycles. The van der Waals surface area contributed by atoms with Crippen molar-refractivity contribution in [2.24, 2.45) is 0 Å². The van der Waals surface area contributed by atoms with E-state index in [0.717, 1.165) is 9.35 Å². The molecular weight excluding hydrogens is 342 g/mol. The Morgan fingerprint density at radius 2 is 2.29 bits per heavy atom. The van der Waals surface area contributed by atoms with Gasteiger partial charge in [-0.2, -0.15) is 0 Å². The van der Waals surface area contributed by atoms with Gasteiger partial charge < -0.3 is 4.90 Å². The minimum atomic E-state index is -0.0349. The molecule has 2 aromatic heterocycles. The number of carbonyl (C=O) groups is 1. The SMILES string of the molecule is CN(Cc1csc(Br)c1)C(=O)c1sccc1Cl. The summed E-state index contributed by atoms with van der Waals surface area (Å²) in [4.78, 5) is 14.4. The van der Waals surface area contributed by atoms with E-state index in [1.54, 1.807) is 29.4 Å². The fraction of sp³-hybridized carbons (Fsp3) is 0.182. The van der Waals surface area contributed by atoms with Crippen LogP contribution in [0.5, 0.6) is 0 Å². The fourth-order valence-electron chi connectivity index (χ4n) is 1.39. The highest BCUT2D eigenvalue weighted by atomic mass is 79.9. The van der Waals surface area contributed by atoms with E-state index in [-0.39, 0.29) is 5.91 Å². The Hall–Kier alpha value is -0.360.